The van der Waals surface area contributed by atoms with Gasteiger partial charge in [0.15, 0.2) is 0 Å². The van der Waals surface area contributed by atoms with Crippen LogP contribution >= 0.6 is 68.0 Å². The van der Waals surface area contributed by atoms with Gasteiger partial charge in [0, 0.05) is 90.1 Å². The third kappa shape index (κ3) is 8.85. The standard InChI is InChI=1S/C88H52S6/c1-3-17-53(18-4-1)85-60-23-9-12-26-63(60)87(64-27-13-10-24-61(64)85)83-49-70-71-50-84(94-78(71)42-41-77(70)93-83)88-65-28-14-11-25-62(65)86(54-19-5-2-6-20-54)72-43-55(35-38-66(72)88)67-44-58(36-37-59(67)82-46-57-22-8-16-30-74(57)90-82)81-48-69-68-47-80(91-75(68)39-40-76(69)92-81)52-33-31-51(32-34-52)79-45-56-21-7-15-29-73(56)89-79/h1-9,11-23,25-50H,10,24H2. The minimum atomic E-state index is 1.03. The molecule has 0 unspecified atom stereocenters. The van der Waals surface area contributed by atoms with Crippen LogP contribution in [0.25, 0.3) is 195 Å². The Morgan fingerprint density at radius 3 is 1.26 bits per heavy atom. The lowest BCUT2D eigenvalue weighted by molar-refractivity contribution is 0.992. The smallest absolute Gasteiger partial charge is 0.0368 e. The maximum absolute atomic E-state index is 2.53. The van der Waals surface area contributed by atoms with Crippen molar-refractivity contribution < 1.29 is 0 Å². The van der Waals surface area contributed by atoms with Gasteiger partial charge in [-0.15, -0.1) is 68.0 Å². The molecule has 6 heteroatoms. The summed E-state index contributed by atoms with van der Waals surface area (Å²) in [6.45, 7) is 0. The molecule has 20 rings (SSSR count). The molecule has 0 nitrogen and oxygen atoms in total. The Hall–Kier alpha value is -9.86. The normalized spacial score (nSPS) is 12.6. The van der Waals surface area contributed by atoms with E-state index in [1.807, 2.05) is 68.0 Å². The first kappa shape index (κ1) is 54.7. The van der Waals surface area contributed by atoms with Gasteiger partial charge in [-0.1, -0.05) is 206 Å². The van der Waals surface area contributed by atoms with Gasteiger partial charge in [0.25, 0.3) is 0 Å². The van der Waals surface area contributed by atoms with E-state index in [0.717, 1.165) is 12.8 Å². The molecule has 0 atom stereocenters. The molecule has 0 fully saturated rings. The SMILES string of the molecule is C1=Cc2c(c(-c3ccccc3)c3ccccc3c2-c2cc3c(ccc4sc(-c5c6ccccc6c(-c6ccccc6)c6cc(-c7cc(-c8cc9c(ccc%10sc(-c%11ccc(-c%12cc%13ccccc%13s%12)cc%11)cc%109)s8)ccc7-c7cc8ccccc8s7)ccc56)cc43)s2)CC1. The summed E-state index contributed by atoms with van der Waals surface area (Å²) in [5.41, 5.74) is 18.1. The van der Waals surface area contributed by atoms with E-state index in [-0.39, 0.29) is 0 Å². The molecule has 0 aliphatic heterocycles. The summed E-state index contributed by atoms with van der Waals surface area (Å²) in [7, 11) is 0. The predicted molar refractivity (Wildman–Crippen MR) is 418 cm³/mol. The average molecular weight is 1300 g/mol. The van der Waals surface area contributed by atoms with Crippen molar-refractivity contribution >= 4 is 167 Å². The van der Waals surface area contributed by atoms with Gasteiger partial charge in [-0.25, -0.2) is 0 Å². The Labute approximate surface area is 567 Å². The van der Waals surface area contributed by atoms with Crippen molar-refractivity contribution in [3.63, 3.8) is 0 Å². The molecule has 0 radical (unpaired) electrons. The lowest BCUT2D eigenvalue weighted by atomic mass is 9.81. The molecule has 0 bridgehead atoms. The molecule has 6 aromatic heterocycles. The van der Waals surface area contributed by atoms with Crippen LogP contribution in [0, 0.1) is 0 Å². The Bertz CT molecular complexity index is 6270. The molecular formula is C88H52S6. The van der Waals surface area contributed by atoms with E-state index in [4.69, 9.17) is 0 Å². The van der Waals surface area contributed by atoms with E-state index in [2.05, 4.69) is 291 Å². The summed E-state index contributed by atoms with van der Waals surface area (Å²) in [5, 5.41) is 15.5. The van der Waals surface area contributed by atoms with Gasteiger partial charge < -0.3 is 0 Å². The van der Waals surface area contributed by atoms with Crippen LogP contribution < -0.4 is 0 Å². The average Bonchev–Trinajstić information content (AvgIpc) is 1.06. The fourth-order valence-corrected chi connectivity index (χ4v) is 21.7. The van der Waals surface area contributed by atoms with Crippen molar-refractivity contribution in [2.75, 3.05) is 0 Å². The molecule has 1 aliphatic rings. The molecule has 0 saturated carbocycles. The van der Waals surface area contributed by atoms with E-state index >= 15 is 0 Å². The quantitative estimate of drug-likeness (QED) is 0.126. The van der Waals surface area contributed by atoms with Crippen LogP contribution in [-0.4, -0.2) is 0 Å². The first-order valence-corrected chi connectivity index (χ1v) is 36.9. The number of allylic oxidation sites excluding steroid dienone is 1. The van der Waals surface area contributed by atoms with Crippen LogP contribution in [0.5, 0.6) is 0 Å². The zero-order valence-electron chi connectivity index (χ0n) is 50.6. The van der Waals surface area contributed by atoms with E-state index in [9.17, 15) is 0 Å². The van der Waals surface area contributed by atoms with Crippen LogP contribution in [0.2, 0.25) is 0 Å². The highest BCUT2D eigenvalue weighted by Crippen LogP contribution is 2.53. The van der Waals surface area contributed by atoms with Crippen LogP contribution in [-0.2, 0) is 6.42 Å². The highest BCUT2D eigenvalue weighted by Gasteiger charge is 2.26. The van der Waals surface area contributed by atoms with Crippen LogP contribution in [0.4, 0.5) is 0 Å². The van der Waals surface area contributed by atoms with Crippen LogP contribution in [0.3, 0.4) is 0 Å². The Balaban J connectivity index is 0.738. The van der Waals surface area contributed by atoms with Crippen molar-refractivity contribution in [2.45, 2.75) is 12.8 Å². The van der Waals surface area contributed by atoms with Crippen molar-refractivity contribution in [3.05, 3.63) is 296 Å². The molecule has 6 heterocycles. The fraction of sp³-hybridized carbons (Fsp3) is 0.0227. The van der Waals surface area contributed by atoms with E-state index in [1.54, 1.807) is 0 Å². The van der Waals surface area contributed by atoms with E-state index in [1.165, 1.54) is 200 Å². The molecule has 0 amide bonds. The van der Waals surface area contributed by atoms with Gasteiger partial charge >= 0.3 is 0 Å². The number of benzene rings is 13. The van der Waals surface area contributed by atoms with Crippen molar-refractivity contribution in [3.8, 4) is 96.0 Å². The lowest BCUT2D eigenvalue weighted by Crippen LogP contribution is -2.01. The van der Waals surface area contributed by atoms with E-state index < -0.39 is 0 Å². The molecule has 13 aromatic carbocycles. The molecule has 0 spiro atoms. The summed E-state index contributed by atoms with van der Waals surface area (Å²) < 4.78 is 7.86. The summed E-state index contributed by atoms with van der Waals surface area (Å²) in [4.78, 5) is 7.75. The lowest BCUT2D eigenvalue weighted by Gasteiger charge is -2.23. The largest absolute Gasteiger partial charge is 0.135 e. The van der Waals surface area contributed by atoms with Gasteiger partial charge in [-0.3, -0.25) is 0 Å². The van der Waals surface area contributed by atoms with Gasteiger partial charge in [-0.05, 0) is 208 Å². The third-order valence-electron chi connectivity index (χ3n) is 19.4. The monoisotopic (exact) mass is 1300 g/mol. The van der Waals surface area contributed by atoms with Gasteiger partial charge in [0.1, 0.15) is 0 Å². The number of rotatable bonds is 9. The maximum atomic E-state index is 2.53. The van der Waals surface area contributed by atoms with Gasteiger partial charge in [0.05, 0.1) is 0 Å². The topological polar surface area (TPSA) is 0 Å². The second-order valence-corrected chi connectivity index (χ2v) is 31.3. The minimum Gasteiger partial charge on any atom is -0.135 e. The van der Waals surface area contributed by atoms with Crippen molar-refractivity contribution in [1.29, 1.82) is 0 Å². The summed E-state index contributed by atoms with van der Waals surface area (Å²) in [6.07, 6.45) is 6.87. The Kier molecular flexibility index (Phi) is 12.7. The summed E-state index contributed by atoms with van der Waals surface area (Å²) in [5.74, 6) is 0. The van der Waals surface area contributed by atoms with Crippen molar-refractivity contribution in [1.82, 2.24) is 0 Å². The van der Waals surface area contributed by atoms with Gasteiger partial charge in [-0.2, -0.15) is 0 Å². The summed E-state index contributed by atoms with van der Waals surface area (Å²) in [6, 6.07) is 106. The maximum Gasteiger partial charge on any atom is 0.0368 e. The third-order valence-corrected chi connectivity index (χ3v) is 26.3. The fourth-order valence-electron chi connectivity index (χ4n) is 15.1. The first-order valence-electron chi connectivity index (χ1n) is 32.0. The molecule has 0 saturated heterocycles. The highest BCUT2D eigenvalue weighted by molar-refractivity contribution is 7.25. The second-order valence-electron chi connectivity index (χ2n) is 24.8. The number of thiophene rings is 6. The Morgan fingerprint density at radius 2 is 0.649 bits per heavy atom. The second kappa shape index (κ2) is 21.9. The number of hydrogen-bond donors (Lipinski definition) is 0. The zero-order chi connectivity index (χ0) is 61.5. The zero-order valence-corrected chi connectivity index (χ0v) is 55.5. The molecule has 1 aliphatic carbocycles. The van der Waals surface area contributed by atoms with Crippen LogP contribution in [0.1, 0.15) is 17.5 Å². The van der Waals surface area contributed by atoms with E-state index in [0.29, 0.717) is 0 Å². The number of hydrogen-bond acceptors (Lipinski definition) is 6. The molecule has 440 valence electrons. The van der Waals surface area contributed by atoms with Crippen LogP contribution in [0.15, 0.2) is 285 Å². The summed E-state index contributed by atoms with van der Waals surface area (Å²) >= 11 is 11.4. The molecule has 19 aromatic rings. The molecule has 94 heavy (non-hydrogen) atoms. The minimum absolute atomic E-state index is 1.03. The first-order chi connectivity index (χ1) is 46.5. The van der Waals surface area contributed by atoms with Gasteiger partial charge in [0.2, 0.25) is 0 Å². The predicted octanol–water partition coefficient (Wildman–Crippen LogP) is 28.4. The molecular weight excluding hydrogens is 1250 g/mol. The van der Waals surface area contributed by atoms with Crippen molar-refractivity contribution in [2.24, 2.45) is 0 Å². The molecule has 0 N–H and O–H groups in total. The highest BCUT2D eigenvalue weighted by atomic mass is 32.1. The Morgan fingerprint density at radius 1 is 0.223 bits per heavy atom. The number of fused-ring (bicyclic) bond motifs is 12.